The van der Waals surface area contributed by atoms with Crippen molar-refractivity contribution in [3.05, 3.63) is 28.2 Å². The molecular formula is C15H25BrN2O2. The molecule has 0 fully saturated rings. The molecule has 0 aliphatic carbocycles. The predicted molar refractivity (Wildman–Crippen MR) is 87.3 cm³/mol. The lowest BCUT2D eigenvalue weighted by molar-refractivity contribution is 0.199. The fourth-order valence-corrected chi connectivity index (χ4v) is 2.72. The zero-order chi connectivity index (χ0) is 15.0. The smallest absolute Gasteiger partial charge is 0.0606 e. The highest BCUT2D eigenvalue weighted by molar-refractivity contribution is 9.10. The summed E-state index contributed by atoms with van der Waals surface area (Å²) in [5.41, 5.74) is 2.35. The van der Waals surface area contributed by atoms with Gasteiger partial charge in [-0.3, -0.25) is 0 Å². The molecule has 0 bridgehead atoms. The van der Waals surface area contributed by atoms with Gasteiger partial charge in [0.05, 0.1) is 18.9 Å². The van der Waals surface area contributed by atoms with Gasteiger partial charge in [0.1, 0.15) is 0 Å². The molecule has 0 radical (unpaired) electrons. The van der Waals surface area contributed by atoms with Crippen molar-refractivity contribution in [3.8, 4) is 0 Å². The Bertz CT molecular complexity index is 399. The average molecular weight is 345 g/mol. The summed E-state index contributed by atoms with van der Waals surface area (Å²) in [6.45, 7) is 7.44. The number of anilines is 1. The van der Waals surface area contributed by atoms with Gasteiger partial charge in [0.2, 0.25) is 0 Å². The fraction of sp³-hybridized carbons (Fsp3) is 0.600. The highest BCUT2D eigenvalue weighted by Crippen LogP contribution is 2.28. The molecule has 0 saturated carbocycles. The fourth-order valence-electron chi connectivity index (χ4n) is 2.06. The van der Waals surface area contributed by atoms with Crippen molar-refractivity contribution in [2.75, 3.05) is 38.3 Å². The van der Waals surface area contributed by atoms with E-state index in [2.05, 4.69) is 58.2 Å². The lowest BCUT2D eigenvalue weighted by Gasteiger charge is -2.29. The molecule has 0 aliphatic rings. The molecule has 5 heteroatoms. The topological polar surface area (TPSA) is 44.7 Å². The first-order valence-corrected chi connectivity index (χ1v) is 7.75. The number of halogens is 1. The number of benzene rings is 1. The maximum atomic E-state index is 9.18. The molecule has 20 heavy (non-hydrogen) atoms. The zero-order valence-electron chi connectivity index (χ0n) is 12.5. The van der Waals surface area contributed by atoms with Crippen LogP contribution in [0.5, 0.6) is 0 Å². The van der Waals surface area contributed by atoms with Crippen LogP contribution < -0.4 is 10.2 Å². The van der Waals surface area contributed by atoms with Crippen molar-refractivity contribution in [2.24, 2.45) is 0 Å². The van der Waals surface area contributed by atoms with Gasteiger partial charge in [-0.2, -0.15) is 0 Å². The SMILES string of the molecule is COCCNCc1ccc(N(CCO)C(C)C)c(Br)c1. The van der Waals surface area contributed by atoms with E-state index in [1.165, 1.54) is 5.56 Å². The molecule has 0 aromatic heterocycles. The van der Waals surface area contributed by atoms with Crippen LogP contribution in [0, 0.1) is 0 Å². The summed E-state index contributed by atoms with van der Waals surface area (Å²) in [6.07, 6.45) is 0. The van der Waals surface area contributed by atoms with Crippen LogP contribution in [0.1, 0.15) is 19.4 Å². The van der Waals surface area contributed by atoms with Crippen LogP contribution >= 0.6 is 15.9 Å². The lowest BCUT2D eigenvalue weighted by atomic mass is 10.1. The molecule has 0 heterocycles. The number of aliphatic hydroxyl groups excluding tert-OH is 1. The summed E-state index contributed by atoms with van der Waals surface area (Å²) >= 11 is 3.63. The van der Waals surface area contributed by atoms with Gasteiger partial charge < -0.3 is 20.1 Å². The maximum Gasteiger partial charge on any atom is 0.0606 e. The molecule has 114 valence electrons. The molecular weight excluding hydrogens is 320 g/mol. The predicted octanol–water partition coefficient (Wildman–Crippen LogP) is 2.39. The van der Waals surface area contributed by atoms with Crippen molar-refractivity contribution < 1.29 is 9.84 Å². The molecule has 0 saturated heterocycles. The minimum absolute atomic E-state index is 0.158. The van der Waals surface area contributed by atoms with Gasteiger partial charge in [0.25, 0.3) is 0 Å². The van der Waals surface area contributed by atoms with Gasteiger partial charge >= 0.3 is 0 Å². The Kier molecular flexibility index (Phi) is 8.14. The molecule has 0 aliphatic heterocycles. The molecule has 0 atom stereocenters. The first-order chi connectivity index (χ1) is 9.60. The van der Waals surface area contributed by atoms with Gasteiger partial charge in [-0.1, -0.05) is 6.07 Å². The van der Waals surface area contributed by atoms with E-state index in [1.807, 2.05) is 0 Å². The van der Waals surface area contributed by atoms with E-state index in [0.717, 1.165) is 29.9 Å². The Balaban J connectivity index is 2.71. The maximum absolute atomic E-state index is 9.18. The largest absolute Gasteiger partial charge is 0.395 e. The van der Waals surface area contributed by atoms with E-state index in [4.69, 9.17) is 4.74 Å². The Labute approximate surface area is 130 Å². The Morgan fingerprint density at radius 1 is 1.40 bits per heavy atom. The van der Waals surface area contributed by atoms with E-state index in [9.17, 15) is 5.11 Å². The van der Waals surface area contributed by atoms with Crippen molar-refractivity contribution in [1.29, 1.82) is 0 Å². The summed E-state index contributed by atoms with van der Waals surface area (Å²) in [5.74, 6) is 0. The Morgan fingerprint density at radius 2 is 2.15 bits per heavy atom. The van der Waals surface area contributed by atoms with Crippen LogP contribution in [0.25, 0.3) is 0 Å². The van der Waals surface area contributed by atoms with Crippen LogP contribution in [0.3, 0.4) is 0 Å². The van der Waals surface area contributed by atoms with Crippen LogP contribution in [-0.2, 0) is 11.3 Å². The van der Waals surface area contributed by atoms with Crippen LogP contribution in [0.15, 0.2) is 22.7 Å². The number of rotatable bonds is 9. The molecule has 1 aromatic rings. The third-order valence-corrected chi connectivity index (χ3v) is 3.73. The lowest BCUT2D eigenvalue weighted by Crippen LogP contribution is -2.33. The highest BCUT2D eigenvalue weighted by atomic mass is 79.9. The minimum atomic E-state index is 0.158. The van der Waals surface area contributed by atoms with Crippen molar-refractivity contribution in [1.82, 2.24) is 5.32 Å². The summed E-state index contributed by atoms with van der Waals surface area (Å²) < 4.78 is 6.07. The van der Waals surface area contributed by atoms with Crippen molar-refractivity contribution in [2.45, 2.75) is 26.4 Å². The molecule has 2 N–H and O–H groups in total. The van der Waals surface area contributed by atoms with E-state index in [0.29, 0.717) is 12.6 Å². The molecule has 1 aromatic carbocycles. The Morgan fingerprint density at radius 3 is 2.70 bits per heavy atom. The molecule has 0 unspecified atom stereocenters. The minimum Gasteiger partial charge on any atom is -0.395 e. The molecule has 4 nitrogen and oxygen atoms in total. The summed E-state index contributed by atoms with van der Waals surface area (Å²) in [4.78, 5) is 2.19. The number of nitrogens with one attached hydrogen (secondary N) is 1. The number of hydrogen-bond acceptors (Lipinski definition) is 4. The van der Waals surface area contributed by atoms with E-state index in [1.54, 1.807) is 7.11 Å². The van der Waals surface area contributed by atoms with Crippen molar-refractivity contribution in [3.63, 3.8) is 0 Å². The standard InChI is InChI=1S/C15H25BrN2O2/c1-12(2)18(7-8-19)15-5-4-13(10-14(15)16)11-17-6-9-20-3/h4-5,10,12,17,19H,6-9,11H2,1-3H3. The van der Waals surface area contributed by atoms with Gasteiger partial charge in [0.15, 0.2) is 0 Å². The molecule has 0 spiro atoms. The third kappa shape index (κ3) is 5.40. The second kappa shape index (κ2) is 9.34. The van der Waals surface area contributed by atoms with Gasteiger partial charge in [0, 0.05) is 37.3 Å². The third-order valence-electron chi connectivity index (χ3n) is 3.10. The van der Waals surface area contributed by atoms with Gasteiger partial charge in [-0.25, -0.2) is 0 Å². The summed E-state index contributed by atoms with van der Waals surface area (Å²) in [5, 5.41) is 12.5. The quantitative estimate of drug-likeness (QED) is 0.675. The Hall–Kier alpha value is -0.620. The number of hydrogen-bond donors (Lipinski definition) is 2. The number of ether oxygens (including phenoxy) is 1. The second-order valence-electron chi connectivity index (χ2n) is 4.97. The zero-order valence-corrected chi connectivity index (χ0v) is 14.1. The first kappa shape index (κ1) is 17.4. The number of methoxy groups -OCH3 is 1. The van der Waals surface area contributed by atoms with Crippen molar-refractivity contribution >= 4 is 21.6 Å². The van der Waals surface area contributed by atoms with Gasteiger partial charge in [-0.15, -0.1) is 0 Å². The van der Waals surface area contributed by atoms with E-state index in [-0.39, 0.29) is 6.61 Å². The van der Waals surface area contributed by atoms with E-state index < -0.39 is 0 Å². The summed E-state index contributed by atoms with van der Waals surface area (Å²) in [6, 6.07) is 6.70. The van der Waals surface area contributed by atoms with Crippen LogP contribution in [0.2, 0.25) is 0 Å². The number of nitrogens with zero attached hydrogens (tertiary/aromatic N) is 1. The monoisotopic (exact) mass is 344 g/mol. The van der Waals surface area contributed by atoms with E-state index >= 15 is 0 Å². The molecule has 0 amide bonds. The van der Waals surface area contributed by atoms with Crippen LogP contribution in [0.4, 0.5) is 5.69 Å². The second-order valence-corrected chi connectivity index (χ2v) is 5.82. The average Bonchev–Trinajstić information content (AvgIpc) is 2.41. The van der Waals surface area contributed by atoms with Gasteiger partial charge in [-0.05, 0) is 47.5 Å². The highest BCUT2D eigenvalue weighted by Gasteiger charge is 2.13. The molecule has 1 rings (SSSR count). The summed E-state index contributed by atoms with van der Waals surface area (Å²) in [7, 11) is 1.70. The normalized spacial score (nSPS) is 11.1. The number of aliphatic hydroxyl groups is 1. The van der Waals surface area contributed by atoms with Crippen LogP contribution in [-0.4, -0.2) is 44.6 Å². The first-order valence-electron chi connectivity index (χ1n) is 6.95.